The maximum Gasteiger partial charge on any atom is 0.164 e. The van der Waals surface area contributed by atoms with Gasteiger partial charge in [0.15, 0.2) is 17.5 Å². The Morgan fingerprint density at radius 2 is 0.770 bits per heavy atom. The van der Waals surface area contributed by atoms with Crippen LogP contribution in [-0.2, 0) is 5.41 Å². The van der Waals surface area contributed by atoms with Crippen molar-refractivity contribution in [3.8, 4) is 84.7 Å². The van der Waals surface area contributed by atoms with Crippen molar-refractivity contribution in [1.29, 1.82) is 5.26 Å². The van der Waals surface area contributed by atoms with Gasteiger partial charge in [0, 0.05) is 16.7 Å². The van der Waals surface area contributed by atoms with Gasteiger partial charge in [-0.1, -0.05) is 141 Å². The fourth-order valence-corrected chi connectivity index (χ4v) is 10.6. The van der Waals surface area contributed by atoms with Crippen LogP contribution in [0.4, 0.5) is 0 Å². The maximum absolute atomic E-state index is 9.56. The standard InChI is InChI=1S/C57H48N4/c1-38-26-41-27-39(2)35-57(34-38,36-41)53-24-22-44(23-25-53)49-31-51(50-29-47(42-12-6-3-7-13-42)28-48(30-50)43-20-18-40(37-58)19-21-43)33-52(32-49)56-60-54(45-14-8-4-9-15-45)59-55(61-56)46-16-10-5-11-17-46/h3-25,28-33,38-39,41H,26-27,34-36H2,1-2H3/t38-,39+,41?,57?. The third-order valence-electron chi connectivity index (χ3n) is 13.1. The highest BCUT2D eigenvalue weighted by Gasteiger charge is 2.45. The Bertz CT molecular complexity index is 2780. The fourth-order valence-electron chi connectivity index (χ4n) is 10.6. The zero-order valence-corrected chi connectivity index (χ0v) is 34.8. The molecule has 7 aromatic carbocycles. The van der Waals surface area contributed by atoms with Gasteiger partial charge in [-0.2, -0.15) is 5.26 Å². The lowest BCUT2D eigenvalue weighted by Crippen LogP contribution is -2.42. The minimum absolute atomic E-state index is 0.262. The van der Waals surface area contributed by atoms with Crippen molar-refractivity contribution in [2.45, 2.75) is 51.4 Å². The zero-order chi connectivity index (χ0) is 41.3. The Hall–Kier alpha value is -6.96. The molecule has 1 aromatic heterocycles. The minimum Gasteiger partial charge on any atom is -0.208 e. The van der Waals surface area contributed by atoms with E-state index in [0.717, 1.165) is 73.4 Å². The van der Waals surface area contributed by atoms with E-state index < -0.39 is 0 Å². The molecule has 8 aromatic rings. The molecule has 0 radical (unpaired) electrons. The molecule has 0 N–H and O–H groups in total. The molecule has 61 heavy (non-hydrogen) atoms. The van der Waals surface area contributed by atoms with E-state index in [9.17, 15) is 5.26 Å². The molecule has 296 valence electrons. The van der Waals surface area contributed by atoms with Crippen LogP contribution < -0.4 is 0 Å². The van der Waals surface area contributed by atoms with Gasteiger partial charge in [-0.3, -0.25) is 0 Å². The van der Waals surface area contributed by atoms with Crippen molar-refractivity contribution in [3.05, 3.63) is 187 Å². The quantitative estimate of drug-likeness (QED) is 0.154. The zero-order valence-electron chi connectivity index (χ0n) is 34.8. The van der Waals surface area contributed by atoms with Crippen LogP contribution in [0.15, 0.2) is 176 Å². The first kappa shape index (κ1) is 38.3. The van der Waals surface area contributed by atoms with Crippen LogP contribution >= 0.6 is 0 Å². The van der Waals surface area contributed by atoms with E-state index in [1.54, 1.807) is 0 Å². The Morgan fingerprint density at radius 1 is 0.410 bits per heavy atom. The lowest BCUT2D eigenvalue weighted by molar-refractivity contribution is 0.0780. The summed E-state index contributed by atoms with van der Waals surface area (Å²) in [6, 6.07) is 64.2. The highest BCUT2D eigenvalue weighted by Crippen LogP contribution is 2.54. The Morgan fingerprint density at radius 3 is 1.21 bits per heavy atom. The number of nitriles is 1. The van der Waals surface area contributed by atoms with Gasteiger partial charge in [0.1, 0.15) is 0 Å². The van der Waals surface area contributed by atoms with E-state index in [1.807, 2.05) is 60.7 Å². The fraction of sp³-hybridized carbons (Fsp3) is 0.193. The first-order chi connectivity index (χ1) is 29.9. The van der Waals surface area contributed by atoms with Crippen LogP contribution in [0.5, 0.6) is 0 Å². The molecule has 0 saturated heterocycles. The van der Waals surface area contributed by atoms with Crippen LogP contribution in [0.1, 0.15) is 57.1 Å². The van der Waals surface area contributed by atoms with Crippen LogP contribution in [0.25, 0.3) is 78.7 Å². The SMILES string of the molecule is C[C@@H]1CC2C[C@H](C)CC(c3ccc(-c4cc(-c5cc(-c6ccccc6)cc(-c6ccc(C#N)cc6)c5)cc(-c5nc(-c6ccccc6)nc(-c6ccccc6)n5)c4)cc3)(C2)C1. The number of nitrogens with zero attached hydrogens (tertiary/aromatic N) is 4. The summed E-state index contributed by atoms with van der Waals surface area (Å²) in [7, 11) is 0. The number of rotatable bonds is 8. The predicted molar refractivity (Wildman–Crippen MR) is 249 cm³/mol. The van der Waals surface area contributed by atoms with E-state index in [0.29, 0.717) is 23.0 Å². The Balaban J connectivity index is 1.16. The smallest absolute Gasteiger partial charge is 0.164 e. The largest absolute Gasteiger partial charge is 0.208 e. The summed E-state index contributed by atoms with van der Waals surface area (Å²) in [5, 5.41) is 9.56. The molecular formula is C57H48N4. The number of aromatic nitrogens is 3. The molecule has 4 nitrogen and oxygen atoms in total. The molecule has 1 heterocycles. The van der Waals surface area contributed by atoms with Gasteiger partial charge in [0.05, 0.1) is 11.6 Å². The lowest BCUT2D eigenvalue weighted by Gasteiger charge is -2.50. The molecule has 0 spiro atoms. The molecule has 2 aliphatic carbocycles. The average molecular weight is 789 g/mol. The summed E-state index contributed by atoms with van der Waals surface area (Å²) in [5.74, 6) is 4.23. The number of benzene rings is 7. The van der Waals surface area contributed by atoms with E-state index >= 15 is 0 Å². The minimum atomic E-state index is 0.262. The number of hydrogen-bond acceptors (Lipinski definition) is 4. The van der Waals surface area contributed by atoms with Gasteiger partial charge >= 0.3 is 0 Å². The molecule has 4 atom stereocenters. The monoisotopic (exact) mass is 788 g/mol. The van der Waals surface area contributed by atoms with Crippen LogP contribution in [-0.4, -0.2) is 15.0 Å². The van der Waals surface area contributed by atoms with E-state index in [1.165, 1.54) is 43.2 Å². The first-order valence-electron chi connectivity index (χ1n) is 21.7. The normalized spacial score (nSPS) is 19.5. The molecule has 2 saturated carbocycles. The van der Waals surface area contributed by atoms with E-state index in [-0.39, 0.29) is 5.41 Å². The van der Waals surface area contributed by atoms with Gasteiger partial charge in [-0.15, -0.1) is 0 Å². The second kappa shape index (κ2) is 16.2. The number of fused-ring (bicyclic) bond motifs is 2. The molecule has 2 fully saturated rings. The van der Waals surface area contributed by atoms with Gasteiger partial charge in [-0.05, 0) is 154 Å². The highest BCUT2D eigenvalue weighted by atomic mass is 15.0. The van der Waals surface area contributed by atoms with Gasteiger partial charge in [-0.25, -0.2) is 15.0 Å². The summed E-state index contributed by atoms with van der Waals surface area (Å²) < 4.78 is 0. The van der Waals surface area contributed by atoms with E-state index in [4.69, 9.17) is 15.0 Å². The summed E-state index contributed by atoms with van der Waals surface area (Å²) >= 11 is 0. The maximum atomic E-state index is 9.56. The molecule has 10 rings (SSSR count). The molecule has 0 aliphatic heterocycles. The van der Waals surface area contributed by atoms with Crippen molar-refractivity contribution in [2.75, 3.05) is 0 Å². The van der Waals surface area contributed by atoms with Gasteiger partial charge in [0.25, 0.3) is 0 Å². The van der Waals surface area contributed by atoms with Gasteiger partial charge in [0.2, 0.25) is 0 Å². The third kappa shape index (κ3) is 7.93. The summed E-state index contributed by atoms with van der Waals surface area (Å²) in [6.07, 6.45) is 6.60. The molecule has 2 unspecified atom stereocenters. The summed E-state index contributed by atoms with van der Waals surface area (Å²) in [6.45, 7) is 4.93. The van der Waals surface area contributed by atoms with Crippen molar-refractivity contribution >= 4 is 0 Å². The second-order valence-corrected chi connectivity index (χ2v) is 17.7. The second-order valence-electron chi connectivity index (χ2n) is 17.7. The van der Waals surface area contributed by atoms with Crippen LogP contribution in [0, 0.1) is 29.1 Å². The van der Waals surface area contributed by atoms with Gasteiger partial charge < -0.3 is 0 Å². The van der Waals surface area contributed by atoms with Crippen LogP contribution in [0.2, 0.25) is 0 Å². The topological polar surface area (TPSA) is 62.5 Å². The van der Waals surface area contributed by atoms with Crippen molar-refractivity contribution in [2.24, 2.45) is 17.8 Å². The summed E-state index contributed by atoms with van der Waals surface area (Å²) in [4.78, 5) is 15.4. The first-order valence-corrected chi connectivity index (χ1v) is 21.7. The Kier molecular flexibility index (Phi) is 10.2. The average Bonchev–Trinajstić information content (AvgIpc) is 3.31. The van der Waals surface area contributed by atoms with Crippen LogP contribution in [0.3, 0.4) is 0 Å². The summed E-state index contributed by atoms with van der Waals surface area (Å²) in [5.41, 5.74) is 14.0. The van der Waals surface area contributed by atoms with E-state index in [2.05, 4.69) is 135 Å². The predicted octanol–water partition coefficient (Wildman–Crippen LogP) is 14.5. The molecule has 2 bridgehead atoms. The molecular weight excluding hydrogens is 741 g/mol. The van der Waals surface area contributed by atoms with Crippen molar-refractivity contribution < 1.29 is 0 Å². The molecule has 2 aliphatic rings. The highest BCUT2D eigenvalue weighted by molar-refractivity contribution is 5.86. The Labute approximate surface area is 359 Å². The lowest BCUT2D eigenvalue weighted by atomic mass is 9.54. The third-order valence-corrected chi connectivity index (χ3v) is 13.1. The molecule has 4 heteroatoms. The number of hydrogen-bond donors (Lipinski definition) is 0. The van der Waals surface area contributed by atoms with Crippen molar-refractivity contribution in [3.63, 3.8) is 0 Å². The molecule has 0 amide bonds. The van der Waals surface area contributed by atoms with Crippen molar-refractivity contribution in [1.82, 2.24) is 15.0 Å².